The van der Waals surface area contributed by atoms with Gasteiger partial charge in [0.15, 0.2) is 0 Å². The van der Waals surface area contributed by atoms with E-state index in [1.807, 2.05) is 18.6 Å². The van der Waals surface area contributed by atoms with E-state index in [4.69, 9.17) is 0 Å². The second-order valence-corrected chi connectivity index (χ2v) is 7.19. The SMILES string of the molecule is CCC(C)NC(=O)c1ccc(S(=O)(=O)Nc2c(F)cccc2F)cc1. The summed E-state index contributed by atoms with van der Waals surface area (Å²) in [5.41, 5.74) is -0.461. The monoisotopic (exact) mass is 368 g/mol. The predicted octanol–water partition coefficient (Wildman–Crippen LogP) is 3.29. The Balaban J connectivity index is 2.22. The van der Waals surface area contributed by atoms with Crippen molar-refractivity contribution in [2.75, 3.05) is 4.72 Å². The lowest BCUT2D eigenvalue weighted by Crippen LogP contribution is -2.31. The second-order valence-electron chi connectivity index (χ2n) is 5.51. The van der Waals surface area contributed by atoms with Crippen LogP contribution in [-0.4, -0.2) is 20.4 Å². The average Bonchev–Trinajstić information content (AvgIpc) is 2.58. The molecule has 0 radical (unpaired) electrons. The fraction of sp³-hybridized carbons (Fsp3) is 0.235. The molecule has 0 saturated carbocycles. The number of amides is 1. The highest BCUT2D eigenvalue weighted by Crippen LogP contribution is 2.22. The first-order chi connectivity index (χ1) is 11.7. The van der Waals surface area contributed by atoms with Gasteiger partial charge in [0.1, 0.15) is 17.3 Å². The van der Waals surface area contributed by atoms with Gasteiger partial charge in [-0.3, -0.25) is 9.52 Å². The first kappa shape index (κ1) is 18.9. The summed E-state index contributed by atoms with van der Waals surface area (Å²) in [5.74, 6) is -2.37. The molecule has 1 amide bonds. The topological polar surface area (TPSA) is 75.3 Å². The Hall–Kier alpha value is -2.48. The minimum atomic E-state index is -4.19. The molecule has 0 aliphatic rings. The fourth-order valence-electron chi connectivity index (χ4n) is 1.98. The summed E-state index contributed by atoms with van der Waals surface area (Å²) in [6, 6.07) is 8.09. The highest BCUT2D eigenvalue weighted by Gasteiger charge is 2.19. The minimum absolute atomic E-state index is 0.0124. The smallest absolute Gasteiger partial charge is 0.262 e. The molecule has 0 heterocycles. The molecule has 8 heteroatoms. The van der Waals surface area contributed by atoms with Crippen molar-refractivity contribution in [2.45, 2.75) is 31.2 Å². The maximum atomic E-state index is 13.6. The number of nitrogens with one attached hydrogen (secondary N) is 2. The van der Waals surface area contributed by atoms with E-state index < -0.39 is 27.3 Å². The van der Waals surface area contributed by atoms with E-state index in [-0.39, 0.29) is 22.4 Å². The first-order valence-electron chi connectivity index (χ1n) is 7.62. The number of hydrogen-bond donors (Lipinski definition) is 2. The standard InChI is InChI=1S/C17H18F2N2O3S/c1-3-11(2)20-17(22)12-7-9-13(10-8-12)25(23,24)21-16-14(18)5-4-6-15(16)19/h4-11,21H,3H2,1-2H3,(H,20,22). The predicted molar refractivity (Wildman–Crippen MR) is 90.8 cm³/mol. The molecule has 2 aromatic rings. The molecule has 134 valence electrons. The third-order valence-corrected chi connectivity index (χ3v) is 4.98. The Bertz CT molecular complexity index is 848. The van der Waals surface area contributed by atoms with Crippen molar-refractivity contribution in [1.82, 2.24) is 5.32 Å². The summed E-state index contributed by atoms with van der Waals surface area (Å²) in [4.78, 5) is 11.8. The van der Waals surface area contributed by atoms with E-state index in [1.54, 1.807) is 0 Å². The second kappa shape index (κ2) is 7.60. The number of benzene rings is 2. The van der Waals surface area contributed by atoms with Gasteiger partial charge in [-0.2, -0.15) is 0 Å². The molecule has 1 unspecified atom stereocenters. The van der Waals surface area contributed by atoms with Crippen LogP contribution in [0.25, 0.3) is 0 Å². The molecule has 0 saturated heterocycles. The Kier molecular flexibility index (Phi) is 5.73. The van der Waals surface area contributed by atoms with E-state index in [0.717, 1.165) is 24.6 Å². The molecule has 2 rings (SSSR count). The third kappa shape index (κ3) is 4.54. The number of carbonyl (C=O) groups excluding carboxylic acids is 1. The van der Waals surface area contributed by atoms with Crippen LogP contribution in [0.3, 0.4) is 0 Å². The zero-order chi connectivity index (χ0) is 18.6. The van der Waals surface area contributed by atoms with Crippen LogP contribution in [-0.2, 0) is 10.0 Å². The van der Waals surface area contributed by atoms with Crippen LogP contribution in [0.4, 0.5) is 14.5 Å². The van der Waals surface area contributed by atoms with Gasteiger partial charge in [0, 0.05) is 11.6 Å². The molecule has 2 N–H and O–H groups in total. The summed E-state index contributed by atoms with van der Waals surface area (Å²) in [5, 5.41) is 2.76. The van der Waals surface area contributed by atoms with Crippen molar-refractivity contribution < 1.29 is 22.0 Å². The number of halogens is 2. The van der Waals surface area contributed by atoms with Crippen molar-refractivity contribution in [3.05, 3.63) is 59.7 Å². The van der Waals surface area contributed by atoms with Gasteiger partial charge in [0.25, 0.3) is 15.9 Å². The summed E-state index contributed by atoms with van der Waals surface area (Å²) in [6.45, 7) is 3.78. The van der Waals surface area contributed by atoms with Gasteiger partial charge in [-0.25, -0.2) is 17.2 Å². The van der Waals surface area contributed by atoms with E-state index in [2.05, 4.69) is 5.32 Å². The minimum Gasteiger partial charge on any atom is -0.350 e. The van der Waals surface area contributed by atoms with Gasteiger partial charge < -0.3 is 5.32 Å². The van der Waals surface area contributed by atoms with E-state index >= 15 is 0 Å². The number of rotatable bonds is 6. The molecule has 0 aliphatic heterocycles. The maximum absolute atomic E-state index is 13.6. The Morgan fingerprint density at radius 3 is 2.16 bits per heavy atom. The summed E-state index contributed by atoms with van der Waals surface area (Å²) < 4.78 is 53.6. The van der Waals surface area contributed by atoms with Crippen molar-refractivity contribution in [3.63, 3.8) is 0 Å². The molecule has 25 heavy (non-hydrogen) atoms. The number of para-hydroxylation sites is 1. The van der Waals surface area contributed by atoms with Crippen LogP contribution in [0.1, 0.15) is 30.6 Å². The summed E-state index contributed by atoms with van der Waals surface area (Å²) in [6.07, 6.45) is 0.760. The fourth-order valence-corrected chi connectivity index (χ4v) is 3.06. The van der Waals surface area contributed by atoms with Crippen molar-refractivity contribution in [1.29, 1.82) is 0 Å². The summed E-state index contributed by atoms with van der Waals surface area (Å²) in [7, 11) is -4.19. The van der Waals surface area contributed by atoms with Gasteiger partial charge in [-0.1, -0.05) is 13.0 Å². The normalized spacial score (nSPS) is 12.5. The Morgan fingerprint density at radius 2 is 1.64 bits per heavy atom. The molecule has 0 fully saturated rings. The largest absolute Gasteiger partial charge is 0.350 e. The van der Waals surface area contributed by atoms with Gasteiger partial charge >= 0.3 is 0 Å². The van der Waals surface area contributed by atoms with E-state index in [9.17, 15) is 22.0 Å². The highest BCUT2D eigenvalue weighted by molar-refractivity contribution is 7.92. The molecular formula is C17H18F2N2O3S. The molecule has 1 atom stereocenters. The number of hydrogen-bond acceptors (Lipinski definition) is 3. The van der Waals surface area contributed by atoms with Crippen molar-refractivity contribution >= 4 is 21.6 Å². The van der Waals surface area contributed by atoms with Gasteiger partial charge in [-0.15, -0.1) is 0 Å². The lowest BCUT2D eigenvalue weighted by atomic mass is 10.2. The van der Waals surface area contributed by atoms with Crippen LogP contribution in [0.5, 0.6) is 0 Å². The van der Waals surface area contributed by atoms with E-state index in [0.29, 0.717) is 0 Å². The van der Waals surface area contributed by atoms with Gasteiger partial charge in [0.05, 0.1) is 4.90 Å². The molecule has 5 nitrogen and oxygen atoms in total. The van der Waals surface area contributed by atoms with Crippen LogP contribution < -0.4 is 10.0 Å². The maximum Gasteiger partial charge on any atom is 0.262 e. The van der Waals surface area contributed by atoms with E-state index in [1.165, 1.54) is 24.3 Å². The lowest BCUT2D eigenvalue weighted by molar-refractivity contribution is 0.0939. The number of anilines is 1. The number of carbonyl (C=O) groups is 1. The van der Waals surface area contributed by atoms with Crippen molar-refractivity contribution in [3.8, 4) is 0 Å². The van der Waals surface area contributed by atoms with Crippen LogP contribution in [0, 0.1) is 11.6 Å². The Morgan fingerprint density at radius 1 is 1.08 bits per heavy atom. The molecular weight excluding hydrogens is 350 g/mol. The zero-order valence-corrected chi connectivity index (χ0v) is 14.5. The zero-order valence-electron chi connectivity index (χ0n) is 13.7. The third-order valence-electron chi connectivity index (χ3n) is 3.62. The highest BCUT2D eigenvalue weighted by atomic mass is 32.2. The molecule has 0 aromatic heterocycles. The number of sulfonamides is 1. The van der Waals surface area contributed by atoms with Crippen LogP contribution >= 0.6 is 0 Å². The van der Waals surface area contributed by atoms with Gasteiger partial charge in [-0.05, 0) is 49.7 Å². The van der Waals surface area contributed by atoms with Gasteiger partial charge in [0.2, 0.25) is 0 Å². The molecule has 0 spiro atoms. The molecule has 0 bridgehead atoms. The Labute approximate surface area is 145 Å². The molecule has 2 aromatic carbocycles. The van der Waals surface area contributed by atoms with Crippen LogP contribution in [0.15, 0.2) is 47.4 Å². The van der Waals surface area contributed by atoms with Crippen molar-refractivity contribution in [2.24, 2.45) is 0 Å². The molecule has 0 aliphatic carbocycles. The average molecular weight is 368 g/mol. The quantitative estimate of drug-likeness (QED) is 0.822. The first-order valence-corrected chi connectivity index (χ1v) is 9.10. The lowest BCUT2D eigenvalue weighted by Gasteiger charge is -2.12. The summed E-state index contributed by atoms with van der Waals surface area (Å²) >= 11 is 0. The van der Waals surface area contributed by atoms with Crippen LogP contribution in [0.2, 0.25) is 0 Å².